The smallest absolute Gasteiger partial charge is 0.232 e. The Morgan fingerprint density at radius 2 is 2.40 bits per heavy atom. The lowest BCUT2D eigenvalue weighted by atomic mass is 10.2. The van der Waals surface area contributed by atoms with Crippen molar-refractivity contribution in [3.05, 3.63) is 22.8 Å². The molecule has 0 radical (unpaired) electrons. The van der Waals surface area contributed by atoms with E-state index < -0.39 is 0 Å². The van der Waals surface area contributed by atoms with Crippen LogP contribution in [0.4, 0.5) is 0 Å². The number of carbonyl (C=O) groups excluding carboxylic acids is 1. The molecule has 0 N–H and O–H groups in total. The van der Waals surface area contributed by atoms with Crippen LogP contribution in [0.1, 0.15) is 30.1 Å². The first-order valence-electron chi connectivity index (χ1n) is 4.96. The van der Waals surface area contributed by atoms with Crippen molar-refractivity contribution in [1.29, 1.82) is 0 Å². The maximum atomic E-state index is 11.0. The second-order valence-corrected chi connectivity index (χ2v) is 4.23. The van der Waals surface area contributed by atoms with Crippen LogP contribution in [0.25, 0.3) is 0 Å². The second kappa shape index (κ2) is 4.19. The third kappa shape index (κ3) is 2.69. The van der Waals surface area contributed by atoms with Gasteiger partial charge in [0.15, 0.2) is 5.78 Å². The van der Waals surface area contributed by atoms with Gasteiger partial charge in [0.1, 0.15) is 5.02 Å². The highest BCUT2D eigenvalue weighted by molar-refractivity contribution is 6.32. The van der Waals surface area contributed by atoms with Crippen LogP contribution in [0, 0.1) is 5.92 Å². The first-order valence-corrected chi connectivity index (χ1v) is 5.34. The molecule has 80 valence electrons. The zero-order valence-electron chi connectivity index (χ0n) is 8.50. The van der Waals surface area contributed by atoms with E-state index in [4.69, 9.17) is 16.3 Å². The van der Waals surface area contributed by atoms with Gasteiger partial charge in [0, 0.05) is 11.8 Å². The normalized spacial score (nSPS) is 15.1. The molecule has 2 rings (SSSR count). The largest absolute Gasteiger partial charge is 0.476 e. The van der Waals surface area contributed by atoms with Gasteiger partial charge in [-0.15, -0.1) is 0 Å². The van der Waals surface area contributed by atoms with Crippen LogP contribution in [-0.2, 0) is 0 Å². The van der Waals surface area contributed by atoms with E-state index in [-0.39, 0.29) is 5.78 Å². The fourth-order valence-corrected chi connectivity index (χ4v) is 1.43. The highest BCUT2D eigenvalue weighted by atomic mass is 35.5. The lowest BCUT2D eigenvalue weighted by Gasteiger charge is -2.06. The quantitative estimate of drug-likeness (QED) is 0.740. The Labute approximate surface area is 93.4 Å². The molecule has 0 amide bonds. The van der Waals surface area contributed by atoms with E-state index in [1.807, 2.05) is 0 Å². The molecule has 1 heterocycles. The maximum absolute atomic E-state index is 11.0. The van der Waals surface area contributed by atoms with Crippen LogP contribution in [-0.4, -0.2) is 17.4 Å². The van der Waals surface area contributed by atoms with Gasteiger partial charge < -0.3 is 4.74 Å². The minimum atomic E-state index is -0.0434. The third-order valence-corrected chi connectivity index (χ3v) is 2.64. The maximum Gasteiger partial charge on any atom is 0.232 e. The molecule has 0 aromatic carbocycles. The summed E-state index contributed by atoms with van der Waals surface area (Å²) < 4.78 is 5.44. The first kappa shape index (κ1) is 10.4. The summed E-state index contributed by atoms with van der Waals surface area (Å²) in [5.41, 5.74) is 0.513. The molecule has 3 nitrogen and oxygen atoms in total. The lowest BCUT2D eigenvalue weighted by molar-refractivity contribution is 0.101. The van der Waals surface area contributed by atoms with Gasteiger partial charge in [0.05, 0.1) is 6.61 Å². The Bertz CT molecular complexity index is 388. The minimum absolute atomic E-state index is 0.0434. The highest BCUT2D eigenvalue weighted by Gasteiger charge is 2.22. The zero-order valence-corrected chi connectivity index (χ0v) is 9.25. The van der Waals surface area contributed by atoms with Gasteiger partial charge in [0.2, 0.25) is 5.88 Å². The fraction of sp³-hybridized carbons (Fsp3) is 0.455. The SMILES string of the molecule is CC(=O)c1cnc(OCC2CC2)c(Cl)c1. The van der Waals surface area contributed by atoms with Crippen LogP contribution >= 0.6 is 11.6 Å². The average molecular weight is 226 g/mol. The molecule has 1 fully saturated rings. The number of pyridine rings is 1. The summed E-state index contributed by atoms with van der Waals surface area (Å²) in [7, 11) is 0. The Morgan fingerprint density at radius 3 is 2.93 bits per heavy atom. The summed E-state index contributed by atoms with van der Waals surface area (Å²) in [4.78, 5) is 15.1. The van der Waals surface area contributed by atoms with Crippen molar-refractivity contribution in [2.45, 2.75) is 19.8 Å². The monoisotopic (exact) mass is 225 g/mol. The third-order valence-electron chi connectivity index (χ3n) is 2.37. The van der Waals surface area contributed by atoms with Crippen molar-refractivity contribution < 1.29 is 9.53 Å². The predicted molar refractivity (Wildman–Crippen MR) is 57.5 cm³/mol. The van der Waals surface area contributed by atoms with Gasteiger partial charge in [-0.25, -0.2) is 4.98 Å². The molecular weight excluding hydrogens is 214 g/mol. The van der Waals surface area contributed by atoms with Gasteiger partial charge in [-0.2, -0.15) is 0 Å². The van der Waals surface area contributed by atoms with Gasteiger partial charge in [-0.05, 0) is 31.7 Å². The van der Waals surface area contributed by atoms with Gasteiger partial charge in [-0.3, -0.25) is 4.79 Å². The van der Waals surface area contributed by atoms with Gasteiger partial charge >= 0.3 is 0 Å². The summed E-state index contributed by atoms with van der Waals surface area (Å²) in [6, 6.07) is 1.60. The number of nitrogens with zero attached hydrogens (tertiary/aromatic N) is 1. The molecule has 0 bridgehead atoms. The first-order chi connectivity index (χ1) is 7.16. The molecule has 1 aliphatic carbocycles. The Morgan fingerprint density at radius 1 is 1.67 bits per heavy atom. The molecule has 15 heavy (non-hydrogen) atoms. The highest BCUT2D eigenvalue weighted by Crippen LogP contribution is 2.30. The summed E-state index contributed by atoms with van der Waals surface area (Å²) >= 11 is 5.94. The molecule has 0 spiro atoms. The van der Waals surface area contributed by atoms with E-state index >= 15 is 0 Å². The Balaban J connectivity index is 2.07. The standard InChI is InChI=1S/C11H12ClNO2/c1-7(14)9-4-10(12)11(13-5-9)15-6-8-2-3-8/h4-5,8H,2-3,6H2,1H3. The summed E-state index contributed by atoms with van der Waals surface area (Å²) in [5, 5.41) is 0.406. The van der Waals surface area contributed by atoms with Gasteiger partial charge in [0.25, 0.3) is 0 Å². The Hall–Kier alpha value is -1.09. The molecular formula is C11H12ClNO2. The van der Waals surface area contributed by atoms with E-state index in [1.165, 1.54) is 26.0 Å². The number of hydrogen-bond acceptors (Lipinski definition) is 3. The number of ether oxygens (including phenoxy) is 1. The Kier molecular flexibility index (Phi) is 2.91. The molecule has 0 atom stereocenters. The molecule has 1 aromatic heterocycles. The molecule has 0 unspecified atom stereocenters. The lowest BCUT2D eigenvalue weighted by Crippen LogP contribution is -2.02. The van der Waals surface area contributed by atoms with Crippen molar-refractivity contribution in [3.63, 3.8) is 0 Å². The number of carbonyl (C=O) groups is 1. The van der Waals surface area contributed by atoms with Crippen molar-refractivity contribution in [3.8, 4) is 5.88 Å². The summed E-state index contributed by atoms with van der Waals surface area (Å²) in [6.07, 6.45) is 3.95. The summed E-state index contributed by atoms with van der Waals surface area (Å²) in [5.74, 6) is 1.04. The number of halogens is 1. The van der Waals surface area contributed by atoms with Crippen LogP contribution in [0.2, 0.25) is 5.02 Å². The number of ketones is 1. The fourth-order valence-electron chi connectivity index (χ4n) is 1.21. The molecule has 4 heteroatoms. The van der Waals surface area contributed by atoms with E-state index in [1.54, 1.807) is 6.07 Å². The molecule has 0 aliphatic heterocycles. The van der Waals surface area contributed by atoms with Crippen molar-refractivity contribution in [2.75, 3.05) is 6.61 Å². The molecule has 0 saturated heterocycles. The predicted octanol–water partition coefficient (Wildman–Crippen LogP) is 2.73. The minimum Gasteiger partial charge on any atom is -0.476 e. The topological polar surface area (TPSA) is 39.2 Å². The number of hydrogen-bond donors (Lipinski definition) is 0. The number of rotatable bonds is 4. The van der Waals surface area contributed by atoms with Crippen LogP contribution in [0.3, 0.4) is 0 Å². The molecule has 1 aliphatic rings. The zero-order chi connectivity index (χ0) is 10.8. The van der Waals surface area contributed by atoms with Crippen molar-refractivity contribution in [2.24, 2.45) is 5.92 Å². The van der Waals surface area contributed by atoms with E-state index in [0.29, 0.717) is 29.0 Å². The van der Waals surface area contributed by atoms with E-state index in [0.717, 1.165) is 0 Å². The van der Waals surface area contributed by atoms with Crippen LogP contribution < -0.4 is 4.74 Å². The average Bonchev–Trinajstić information content (AvgIpc) is 2.99. The second-order valence-electron chi connectivity index (χ2n) is 3.82. The van der Waals surface area contributed by atoms with E-state index in [9.17, 15) is 4.79 Å². The summed E-state index contributed by atoms with van der Waals surface area (Å²) in [6.45, 7) is 2.16. The van der Waals surface area contributed by atoms with Gasteiger partial charge in [-0.1, -0.05) is 11.6 Å². The number of aromatic nitrogens is 1. The van der Waals surface area contributed by atoms with Crippen LogP contribution in [0.5, 0.6) is 5.88 Å². The van der Waals surface area contributed by atoms with E-state index in [2.05, 4.69) is 4.98 Å². The van der Waals surface area contributed by atoms with Crippen molar-refractivity contribution >= 4 is 17.4 Å². The van der Waals surface area contributed by atoms with Crippen LogP contribution in [0.15, 0.2) is 12.3 Å². The van der Waals surface area contributed by atoms with Crippen molar-refractivity contribution in [1.82, 2.24) is 4.98 Å². The molecule has 1 aromatic rings. The number of Topliss-reactive ketones (excluding diaryl/α,β-unsaturated/α-hetero) is 1. The molecule has 1 saturated carbocycles.